The zero-order chi connectivity index (χ0) is 16.8. The van der Waals surface area contributed by atoms with Crippen molar-refractivity contribution in [2.45, 2.75) is 30.9 Å². The van der Waals surface area contributed by atoms with Gasteiger partial charge < -0.3 is 0 Å². The molecule has 0 saturated carbocycles. The van der Waals surface area contributed by atoms with E-state index in [-0.39, 0.29) is 11.2 Å². The van der Waals surface area contributed by atoms with Gasteiger partial charge in [-0.05, 0) is 50.6 Å². The second kappa shape index (κ2) is 8.18. The van der Waals surface area contributed by atoms with E-state index in [1.807, 2.05) is 57.2 Å². The number of hydrogen-bond donors (Lipinski definition) is 1. The maximum atomic E-state index is 12.1. The van der Waals surface area contributed by atoms with Crippen LogP contribution in [0.25, 0.3) is 0 Å². The first-order valence-corrected chi connectivity index (χ1v) is 8.55. The lowest BCUT2D eigenvalue weighted by molar-refractivity contribution is -0.120. The molecule has 0 fully saturated rings. The first-order chi connectivity index (χ1) is 11.0. The van der Waals surface area contributed by atoms with E-state index in [2.05, 4.69) is 10.5 Å². The molecule has 1 atom stereocenters. The third-order valence-electron chi connectivity index (χ3n) is 3.30. The van der Waals surface area contributed by atoms with Crippen LogP contribution in [0.1, 0.15) is 25.0 Å². The Labute approximate surface area is 146 Å². The van der Waals surface area contributed by atoms with Crippen molar-refractivity contribution in [1.82, 2.24) is 5.43 Å². The molecule has 2 aromatic rings. The lowest BCUT2D eigenvalue weighted by atomic mass is 10.1. The molecule has 2 rings (SSSR count). The molecular formula is C18H19ClN2OS. The molecule has 5 heteroatoms. The van der Waals surface area contributed by atoms with Crippen LogP contribution < -0.4 is 5.43 Å². The maximum Gasteiger partial charge on any atom is 0.253 e. The molecule has 0 aromatic heterocycles. The van der Waals surface area contributed by atoms with Gasteiger partial charge in [-0.15, -0.1) is 11.8 Å². The number of rotatable bonds is 5. The molecule has 0 bridgehead atoms. The van der Waals surface area contributed by atoms with Crippen molar-refractivity contribution in [3.8, 4) is 0 Å². The van der Waals surface area contributed by atoms with Gasteiger partial charge in [-0.2, -0.15) is 5.10 Å². The normalized spacial score (nSPS) is 12.8. The van der Waals surface area contributed by atoms with Gasteiger partial charge in [0.25, 0.3) is 5.91 Å². The Morgan fingerprint density at radius 2 is 1.74 bits per heavy atom. The van der Waals surface area contributed by atoms with E-state index in [1.165, 1.54) is 17.3 Å². The maximum absolute atomic E-state index is 12.1. The lowest BCUT2D eigenvalue weighted by Gasteiger charge is -2.10. The van der Waals surface area contributed by atoms with Gasteiger partial charge in [0.2, 0.25) is 0 Å². The number of nitrogens with zero attached hydrogens (tertiary/aromatic N) is 1. The van der Waals surface area contributed by atoms with Crippen LogP contribution in [0, 0.1) is 6.92 Å². The highest BCUT2D eigenvalue weighted by Crippen LogP contribution is 2.23. The Morgan fingerprint density at radius 3 is 2.35 bits per heavy atom. The number of aryl methyl sites for hydroxylation is 1. The molecule has 1 amide bonds. The van der Waals surface area contributed by atoms with Crippen molar-refractivity contribution in [2.75, 3.05) is 0 Å². The molecule has 0 radical (unpaired) electrons. The van der Waals surface area contributed by atoms with E-state index in [0.717, 1.165) is 16.2 Å². The largest absolute Gasteiger partial charge is 0.272 e. The molecule has 0 aliphatic carbocycles. The second-order valence-electron chi connectivity index (χ2n) is 5.25. The average Bonchev–Trinajstić information content (AvgIpc) is 2.55. The quantitative estimate of drug-likeness (QED) is 0.485. The van der Waals surface area contributed by atoms with Gasteiger partial charge in [0.1, 0.15) is 0 Å². The predicted molar refractivity (Wildman–Crippen MR) is 98.3 cm³/mol. The number of hydrogen-bond acceptors (Lipinski definition) is 3. The molecule has 0 aliphatic heterocycles. The fourth-order valence-electron chi connectivity index (χ4n) is 1.86. The summed E-state index contributed by atoms with van der Waals surface area (Å²) in [6.07, 6.45) is 0. The van der Waals surface area contributed by atoms with Gasteiger partial charge in [0, 0.05) is 9.92 Å². The molecule has 0 saturated heterocycles. The Kier molecular flexibility index (Phi) is 6.25. The Hall–Kier alpha value is -1.78. The van der Waals surface area contributed by atoms with E-state index in [1.54, 1.807) is 12.1 Å². The number of carbonyl (C=O) groups is 1. The van der Waals surface area contributed by atoms with Gasteiger partial charge in [-0.1, -0.05) is 41.4 Å². The van der Waals surface area contributed by atoms with E-state index in [4.69, 9.17) is 11.6 Å². The summed E-state index contributed by atoms with van der Waals surface area (Å²) in [5.74, 6) is -0.121. The minimum Gasteiger partial charge on any atom is -0.272 e. The Balaban J connectivity index is 1.93. The van der Waals surface area contributed by atoms with Gasteiger partial charge in [0.05, 0.1) is 11.0 Å². The molecule has 0 aliphatic rings. The van der Waals surface area contributed by atoms with Crippen LogP contribution in [-0.4, -0.2) is 16.9 Å². The molecule has 0 heterocycles. The van der Waals surface area contributed by atoms with Gasteiger partial charge in [-0.25, -0.2) is 5.43 Å². The second-order valence-corrected chi connectivity index (χ2v) is 7.10. The van der Waals surface area contributed by atoms with Crippen molar-refractivity contribution >= 4 is 35.0 Å². The zero-order valence-corrected chi connectivity index (χ0v) is 14.9. The Bertz CT molecular complexity index is 696. The van der Waals surface area contributed by atoms with E-state index < -0.39 is 0 Å². The number of carbonyl (C=O) groups excluding carboxylic acids is 1. The standard InChI is InChI=1S/C18H19ClN2OS/c1-12-4-10-17(11-5-12)23-14(3)18(22)21-20-13(2)15-6-8-16(19)9-7-15/h4-11,14H,1-3H3,(H,21,22)/b20-13-/t14-/m1/s1. The number of benzene rings is 2. The van der Waals surface area contributed by atoms with Crippen LogP contribution in [0.5, 0.6) is 0 Å². The monoisotopic (exact) mass is 346 g/mol. The molecule has 1 N–H and O–H groups in total. The number of thioether (sulfide) groups is 1. The zero-order valence-electron chi connectivity index (χ0n) is 13.3. The number of amides is 1. The van der Waals surface area contributed by atoms with Crippen molar-refractivity contribution in [2.24, 2.45) is 5.10 Å². The van der Waals surface area contributed by atoms with Gasteiger partial charge in [-0.3, -0.25) is 4.79 Å². The van der Waals surface area contributed by atoms with Gasteiger partial charge in [0.15, 0.2) is 0 Å². The molecular weight excluding hydrogens is 328 g/mol. The van der Waals surface area contributed by atoms with Crippen LogP contribution in [0.4, 0.5) is 0 Å². The van der Waals surface area contributed by atoms with E-state index in [9.17, 15) is 4.79 Å². The highest BCUT2D eigenvalue weighted by atomic mass is 35.5. The van der Waals surface area contributed by atoms with Crippen LogP contribution in [0.3, 0.4) is 0 Å². The topological polar surface area (TPSA) is 41.5 Å². The fourth-order valence-corrected chi connectivity index (χ4v) is 2.85. The third kappa shape index (κ3) is 5.41. The summed E-state index contributed by atoms with van der Waals surface area (Å²) >= 11 is 7.37. The number of nitrogens with one attached hydrogen (secondary N) is 1. The molecule has 0 unspecified atom stereocenters. The summed E-state index contributed by atoms with van der Waals surface area (Å²) in [4.78, 5) is 13.2. The molecule has 120 valence electrons. The predicted octanol–water partition coefficient (Wildman–Crippen LogP) is 4.67. The summed E-state index contributed by atoms with van der Waals surface area (Å²) in [5.41, 5.74) is 5.49. The molecule has 3 nitrogen and oxygen atoms in total. The average molecular weight is 347 g/mol. The smallest absolute Gasteiger partial charge is 0.253 e. The van der Waals surface area contributed by atoms with Crippen LogP contribution in [-0.2, 0) is 4.79 Å². The summed E-state index contributed by atoms with van der Waals surface area (Å²) < 4.78 is 0. The van der Waals surface area contributed by atoms with E-state index >= 15 is 0 Å². The summed E-state index contributed by atoms with van der Waals surface area (Å²) in [6, 6.07) is 15.5. The summed E-state index contributed by atoms with van der Waals surface area (Å²) in [5, 5.41) is 4.61. The highest BCUT2D eigenvalue weighted by molar-refractivity contribution is 8.00. The Morgan fingerprint density at radius 1 is 1.13 bits per heavy atom. The SMILES string of the molecule is C/C(=N/NC(=O)[C@@H](C)Sc1ccc(C)cc1)c1ccc(Cl)cc1. The first-order valence-electron chi connectivity index (χ1n) is 7.29. The number of halogens is 1. The van der Waals surface area contributed by atoms with Crippen LogP contribution >= 0.6 is 23.4 Å². The number of hydrazone groups is 1. The van der Waals surface area contributed by atoms with Crippen LogP contribution in [0.2, 0.25) is 5.02 Å². The van der Waals surface area contributed by atoms with Crippen molar-refractivity contribution in [1.29, 1.82) is 0 Å². The minimum absolute atomic E-state index is 0.121. The van der Waals surface area contributed by atoms with Crippen molar-refractivity contribution in [3.05, 3.63) is 64.7 Å². The molecule has 0 spiro atoms. The van der Waals surface area contributed by atoms with Crippen molar-refractivity contribution < 1.29 is 4.79 Å². The van der Waals surface area contributed by atoms with Gasteiger partial charge >= 0.3 is 0 Å². The van der Waals surface area contributed by atoms with Crippen molar-refractivity contribution in [3.63, 3.8) is 0 Å². The summed E-state index contributed by atoms with van der Waals surface area (Å²) in [7, 11) is 0. The first kappa shape index (κ1) is 17.6. The summed E-state index contributed by atoms with van der Waals surface area (Å²) in [6.45, 7) is 5.76. The highest BCUT2D eigenvalue weighted by Gasteiger charge is 2.13. The van der Waals surface area contributed by atoms with E-state index in [0.29, 0.717) is 5.02 Å². The fraction of sp³-hybridized carbons (Fsp3) is 0.222. The third-order valence-corrected chi connectivity index (χ3v) is 4.66. The molecule has 2 aromatic carbocycles. The minimum atomic E-state index is -0.223. The molecule has 23 heavy (non-hydrogen) atoms. The van der Waals surface area contributed by atoms with Crippen LogP contribution in [0.15, 0.2) is 58.5 Å². The lowest BCUT2D eigenvalue weighted by Crippen LogP contribution is -2.27.